The molecule has 28 nitrogen and oxygen atoms in total. The van der Waals surface area contributed by atoms with Crippen LogP contribution in [0.25, 0.3) is 89.7 Å². The van der Waals surface area contributed by atoms with Crippen LogP contribution >= 0.6 is 12.0 Å². The summed E-state index contributed by atoms with van der Waals surface area (Å²) in [7, 11) is -9.34. The Bertz CT molecular complexity index is 4070. The first kappa shape index (κ1) is 59.0. The summed E-state index contributed by atoms with van der Waals surface area (Å²) in [6.07, 6.45) is 2.05. The van der Waals surface area contributed by atoms with Gasteiger partial charge in [0.05, 0.1) is 74.0 Å². The summed E-state index contributed by atoms with van der Waals surface area (Å²) in [5.41, 5.74) is 7.89. The van der Waals surface area contributed by atoms with Crippen LogP contribution in [0, 0.1) is 0 Å². The van der Waals surface area contributed by atoms with Crippen molar-refractivity contribution in [3.8, 4) is 45.6 Å². The molecule has 0 aliphatic carbocycles. The normalized spacial score (nSPS) is 12.5. The first-order valence-electron chi connectivity index (χ1n) is 23.8. The number of aliphatic hydroxyl groups is 1. The van der Waals surface area contributed by atoms with Crippen LogP contribution in [0.3, 0.4) is 0 Å². The number of nitrogens with zero attached hydrogens (tertiary/aromatic N) is 12. The number of aliphatic hydroxyl groups excluding tert-OH is 1. The van der Waals surface area contributed by atoms with Gasteiger partial charge in [-0.1, -0.05) is 78.9 Å². The van der Waals surface area contributed by atoms with Gasteiger partial charge in [0.15, 0.2) is 0 Å². The maximum atomic E-state index is 12.2. The fraction of sp³-hybridized carbons (Fsp3) is 0.184. The number of ether oxygens (including phenoxy) is 1. The van der Waals surface area contributed by atoms with Crippen molar-refractivity contribution in [2.24, 2.45) is 0 Å². The van der Waals surface area contributed by atoms with Gasteiger partial charge < -0.3 is 50.4 Å². The van der Waals surface area contributed by atoms with E-state index < -0.39 is 48.0 Å². The number of hydrogen-bond donors (Lipinski definition) is 6. The van der Waals surface area contributed by atoms with Gasteiger partial charge in [-0.3, -0.25) is 23.2 Å². The van der Waals surface area contributed by atoms with E-state index in [0.29, 0.717) is 57.9 Å². The fourth-order valence-corrected chi connectivity index (χ4v) is 10.6. The van der Waals surface area contributed by atoms with Gasteiger partial charge in [-0.15, -0.1) is 0 Å². The van der Waals surface area contributed by atoms with Crippen molar-refractivity contribution in [2.45, 2.75) is 21.9 Å². The summed E-state index contributed by atoms with van der Waals surface area (Å²) in [5.74, 6) is 0.0347. The largest absolute Gasteiger partial charge is 2.00 e. The molecule has 6 N–H and O–H groups in total. The Hall–Kier alpha value is -7.60. The Morgan fingerprint density at radius 1 is 0.634 bits per heavy atom. The second kappa shape index (κ2) is 25.3. The molecule has 82 heavy (non-hydrogen) atoms. The maximum Gasteiger partial charge on any atom is 2.00 e. The van der Waals surface area contributed by atoms with E-state index >= 15 is 0 Å². The van der Waals surface area contributed by atoms with Crippen LogP contribution in [-0.4, -0.2) is 138 Å². The molecule has 427 valence electrons. The number of nitrogens with one attached hydrogen (secondary N) is 4. The summed E-state index contributed by atoms with van der Waals surface area (Å²) < 4.78 is 98.9. The molecule has 0 saturated carbocycles. The molecule has 1 unspecified atom stereocenters. The Labute approximate surface area is 481 Å². The molecule has 9 aromatic rings. The Morgan fingerprint density at radius 3 is 1.71 bits per heavy atom. The molecule has 7 heterocycles. The molecule has 1 atom stereocenters. The summed E-state index contributed by atoms with van der Waals surface area (Å²) in [6.45, 7) is 0.0631. The number of anilines is 3. The van der Waals surface area contributed by atoms with E-state index in [1.54, 1.807) is 12.4 Å². The SMILES string of the molecule is COCNCNOSc1nc(NCC(O)CS(=O)(=O)OC)nc(Nc2cc(S(=O)(=O)OC)ccc2CS(=O)(=O)O)n1.[Cu+2].c1ccc2c(c1)-c1nc-2nc2[n-]c(nc3nc(nc4[n-]c(n1)c1ccccc41)-c1ccncc1-3)c1ccccc21. The molecule has 1 radical (unpaired) electrons. The molecule has 0 saturated heterocycles. The zero-order valence-electron chi connectivity index (χ0n) is 42.8. The third-order valence-corrected chi connectivity index (χ3v) is 15.6. The molecule has 5 aromatic heterocycles. The van der Waals surface area contributed by atoms with Gasteiger partial charge in [-0.25, -0.2) is 14.3 Å². The predicted molar refractivity (Wildman–Crippen MR) is 296 cm³/mol. The van der Waals surface area contributed by atoms with Crippen molar-refractivity contribution in [2.75, 3.05) is 57.7 Å². The van der Waals surface area contributed by atoms with Crippen LogP contribution in [0.1, 0.15) is 5.56 Å². The Morgan fingerprint density at radius 2 is 1.17 bits per heavy atom. The van der Waals surface area contributed by atoms with Gasteiger partial charge in [0.1, 0.15) is 11.5 Å². The van der Waals surface area contributed by atoms with Crippen LogP contribution in [0.2, 0.25) is 0 Å². The number of hydrogen-bond acceptors (Lipinski definition) is 26. The number of aromatic nitrogens is 12. The van der Waals surface area contributed by atoms with E-state index in [2.05, 4.69) is 49.7 Å². The topological polar surface area (TPSA) is 385 Å². The number of hydroxylamine groups is 1. The van der Waals surface area contributed by atoms with Crippen molar-refractivity contribution in [3.63, 3.8) is 0 Å². The van der Waals surface area contributed by atoms with E-state index in [1.165, 1.54) is 7.11 Å². The van der Waals surface area contributed by atoms with Crippen molar-refractivity contribution >= 4 is 104 Å². The van der Waals surface area contributed by atoms with Crippen LogP contribution in [0.15, 0.2) is 120 Å². The minimum Gasteiger partial charge on any atom is -0.390 e. The zero-order chi connectivity index (χ0) is 56.9. The second-order valence-corrected chi connectivity index (χ2v) is 22.8. The molecule has 0 amide bonds. The predicted octanol–water partition coefficient (Wildman–Crippen LogP) is 4.29. The van der Waals surface area contributed by atoms with Gasteiger partial charge in [0, 0.05) is 76.6 Å². The van der Waals surface area contributed by atoms with E-state index in [9.17, 15) is 34.9 Å². The molecule has 33 heteroatoms. The number of fused-ring (bicyclic) bond motifs is 20. The molecule has 0 fully saturated rings. The molecular formula is C49H44CuN16O12S4. The summed E-state index contributed by atoms with van der Waals surface area (Å²) in [6, 6.07) is 28.9. The second-order valence-electron chi connectivity index (χ2n) is 17.2. The van der Waals surface area contributed by atoms with Crippen molar-refractivity contribution in [1.82, 2.24) is 70.6 Å². The number of benzene rings is 4. The van der Waals surface area contributed by atoms with Crippen LogP contribution in [-0.2, 0) is 70.6 Å². The Balaban J connectivity index is 0.000000195. The summed E-state index contributed by atoms with van der Waals surface area (Å²) >= 11 is 0.626. The number of rotatable bonds is 19. The molecule has 8 bridgehead atoms. The quantitative estimate of drug-likeness (QED) is 0.0125. The van der Waals surface area contributed by atoms with Crippen molar-refractivity contribution in [1.29, 1.82) is 0 Å². The monoisotopic (exact) mass is 1240 g/mol. The maximum absolute atomic E-state index is 12.2. The van der Waals surface area contributed by atoms with Gasteiger partial charge in [-0.05, 0) is 45.3 Å². The average Bonchev–Trinajstić information content (AvgIpc) is 4.41. The smallest absolute Gasteiger partial charge is 0.390 e. The molecular weight excluding hydrogens is 1200 g/mol. The number of methoxy groups -OCH3 is 1. The molecule has 4 aromatic carbocycles. The first-order valence-corrected chi connectivity index (χ1v) is 29.1. The van der Waals surface area contributed by atoms with Crippen LogP contribution in [0.5, 0.6) is 0 Å². The number of pyridine rings is 1. The fourth-order valence-electron chi connectivity index (χ4n) is 8.12. The first-order chi connectivity index (χ1) is 39.0. The molecule has 11 rings (SSSR count). The van der Waals surface area contributed by atoms with Gasteiger partial charge in [-0.2, -0.15) is 45.7 Å². The molecule has 0 spiro atoms. The van der Waals surface area contributed by atoms with Crippen molar-refractivity contribution in [3.05, 3.63) is 115 Å². The minimum absolute atomic E-state index is 0. The van der Waals surface area contributed by atoms with Crippen molar-refractivity contribution < 1.29 is 69.4 Å². The van der Waals surface area contributed by atoms with Gasteiger partial charge in [0.25, 0.3) is 30.4 Å². The zero-order valence-corrected chi connectivity index (χ0v) is 47.0. The van der Waals surface area contributed by atoms with E-state index in [0.717, 1.165) is 76.2 Å². The van der Waals surface area contributed by atoms with Crippen LogP contribution in [0.4, 0.5) is 17.6 Å². The third-order valence-electron chi connectivity index (χ3n) is 11.8. The third kappa shape index (κ3) is 13.7. The summed E-state index contributed by atoms with van der Waals surface area (Å²) in [4.78, 5) is 55.4. The van der Waals surface area contributed by atoms with E-state index in [4.69, 9.17) is 48.9 Å². The van der Waals surface area contributed by atoms with E-state index in [1.807, 2.05) is 78.9 Å². The average molecular weight is 1240 g/mol. The minimum atomic E-state index is -4.54. The summed E-state index contributed by atoms with van der Waals surface area (Å²) in [5, 5.41) is 21.6. The molecule has 2 aliphatic heterocycles. The molecule has 2 aliphatic rings. The Kier molecular flexibility index (Phi) is 18.2. The van der Waals surface area contributed by atoms with Gasteiger partial charge >= 0.3 is 17.1 Å². The van der Waals surface area contributed by atoms with Crippen LogP contribution < -0.4 is 31.4 Å². The standard InChI is InChI=1S/C31H15N9.C18H29N7O12S4.Cu/c1-2-8-17-16(7-1)24-33-25(17)35-27-20-11-5-6-12-21(20)29(37-27)39-31-23-15-32-14-13-22(23)30(40-31)38-28-19-10-4-3-9-18(19)26(34-24)36-28;1-34-11-19-10-21-37-38-18-24-16(20-7-13(26)9-40(30,31)35-2)23-17(25-18)22-15-6-14(41(32,33)36-3)5-4-12(15)8-39(27,28)29;/h1-15H;4-6,13,19,21,26H,7-11H2,1-3H3,(H,27,28,29)(H2,20,22,23,24,25);/q-2;;+2. The van der Waals surface area contributed by atoms with Gasteiger partial charge in [0.2, 0.25) is 17.1 Å². The van der Waals surface area contributed by atoms with E-state index in [-0.39, 0.29) is 70.2 Å².